The zero-order valence-corrected chi connectivity index (χ0v) is 12.1. The third kappa shape index (κ3) is 3.03. The maximum absolute atomic E-state index is 4.17. The highest BCUT2D eigenvalue weighted by atomic mass is 15.1. The molecule has 1 heterocycles. The Labute approximate surface area is 125 Å². The van der Waals surface area contributed by atoms with E-state index in [1.165, 1.54) is 22.3 Å². The zero-order valence-electron chi connectivity index (χ0n) is 12.1. The summed E-state index contributed by atoms with van der Waals surface area (Å²) in [6.45, 7) is 3.90. The van der Waals surface area contributed by atoms with Crippen LogP contribution in [0.2, 0.25) is 0 Å². The van der Waals surface area contributed by atoms with Crippen molar-refractivity contribution in [3.05, 3.63) is 66.4 Å². The molecule has 0 atom stereocenters. The second-order valence-electron chi connectivity index (χ2n) is 4.99. The highest BCUT2D eigenvalue weighted by Crippen LogP contribution is 2.25. The topological polar surface area (TPSA) is 40.7 Å². The second kappa shape index (κ2) is 6.37. The lowest BCUT2D eigenvalue weighted by Crippen LogP contribution is -2.11. The number of aromatic nitrogens is 2. The fourth-order valence-corrected chi connectivity index (χ4v) is 2.41. The van der Waals surface area contributed by atoms with Gasteiger partial charge < -0.3 is 5.32 Å². The Morgan fingerprint density at radius 1 is 0.905 bits per heavy atom. The van der Waals surface area contributed by atoms with Crippen molar-refractivity contribution in [2.45, 2.75) is 13.5 Å². The van der Waals surface area contributed by atoms with E-state index < -0.39 is 0 Å². The Morgan fingerprint density at radius 2 is 1.57 bits per heavy atom. The van der Waals surface area contributed by atoms with E-state index in [1.807, 2.05) is 12.3 Å². The van der Waals surface area contributed by atoms with Gasteiger partial charge in [0.25, 0.3) is 0 Å². The van der Waals surface area contributed by atoms with Gasteiger partial charge in [-0.3, -0.25) is 5.10 Å². The van der Waals surface area contributed by atoms with Crippen LogP contribution < -0.4 is 5.32 Å². The van der Waals surface area contributed by atoms with E-state index in [4.69, 9.17) is 0 Å². The number of nitrogens with zero attached hydrogens (tertiary/aromatic N) is 1. The van der Waals surface area contributed by atoms with Crippen LogP contribution in [0, 0.1) is 0 Å². The van der Waals surface area contributed by atoms with Crippen LogP contribution in [0.5, 0.6) is 0 Å². The van der Waals surface area contributed by atoms with E-state index in [2.05, 4.69) is 71.0 Å². The summed E-state index contributed by atoms with van der Waals surface area (Å²) >= 11 is 0. The van der Waals surface area contributed by atoms with Gasteiger partial charge >= 0.3 is 0 Å². The van der Waals surface area contributed by atoms with Crippen molar-refractivity contribution in [1.29, 1.82) is 0 Å². The predicted molar refractivity (Wildman–Crippen MR) is 86.8 cm³/mol. The molecule has 3 heteroatoms. The Kier molecular flexibility index (Phi) is 4.12. The molecule has 1 aromatic heterocycles. The van der Waals surface area contributed by atoms with Gasteiger partial charge in [0, 0.05) is 12.1 Å². The minimum absolute atomic E-state index is 0.836. The lowest BCUT2D eigenvalue weighted by Gasteiger charge is -2.06. The normalized spacial score (nSPS) is 10.7. The number of nitrogens with one attached hydrogen (secondary N) is 2. The molecule has 0 aliphatic carbocycles. The van der Waals surface area contributed by atoms with Crippen LogP contribution in [-0.2, 0) is 6.54 Å². The molecule has 3 rings (SSSR count). The Balaban J connectivity index is 1.86. The molecule has 0 fully saturated rings. The molecular formula is C18H19N3. The van der Waals surface area contributed by atoms with Crippen LogP contribution in [0.3, 0.4) is 0 Å². The number of hydrogen-bond donors (Lipinski definition) is 2. The van der Waals surface area contributed by atoms with E-state index in [0.717, 1.165) is 18.8 Å². The monoisotopic (exact) mass is 277 g/mol. The van der Waals surface area contributed by atoms with Crippen molar-refractivity contribution < 1.29 is 0 Å². The number of hydrogen-bond acceptors (Lipinski definition) is 2. The van der Waals surface area contributed by atoms with Crippen molar-refractivity contribution in [1.82, 2.24) is 15.5 Å². The van der Waals surface area contributed by atoms with Crippen molar-refractivity contribution in [3.63, 3.8) is 0 Å². The van der Waals surface area contributed by atoms with E-state index in [0.29, 0.717) is 0 Å². The molecule has 0 aliphatic rings. The quantitative estimate of drug-likeness (QED) is 0.743. The summed E-state index contributed by atoms with van der Waals surface area (Å²) < 4.78 is 0. The second-order valence-corrected chi connectivity index (χ2v) is 4.99. The molecule has 3 nitrogen and oxygen atoms in total. The lowest BCUT2D eigenvalue weighted by atomic mass is 10.0. The van der Waals surface area contributed by atoms with Crippen molar-refractivity contribution in [2.75, 3.05) is 6.54 Å². The summed E-state index contributed by atoms with van der Waals surface area (Å²) in [6.07, 6.45) is 1.89. The van der Waals surface area contributed by atoms with Crippen molar-refractivity contribution >= 4 is 0 Å². The van der Waals surface area contributed by atoms with Crippen LogP contribution in [0.25, 0.3) is 22.4 Å². The molecule has 106 valence electrons. The molecule has 0 spiro atoms. The first kappa shape index (κ1) is 13.6. The number of benzene rings is 2. The summed E-state index contributed by atoms with van der Waals surface area (Å²) in [5.74, 6) is 0. The number of rotatable bonds is 5. The van der Waals surface area contributed by atoms with Crippen molar-refractivity contribution in [2.24, 2.45) is 0 Å². The Morgan fingerprint density at radius 3 is 2.29 bits per heavy atom. The average Bonchev–Trinajstić information content (AvgIpc) is 3.02. The van der Waals surface area contributed by atoms with Gasteiger partial charge in [0.1, 0.15) is 0 Å². The molecule has 2 N–H and O–H groups in total. The molecular weight excluding hydrogens is 258 g/mol. The summed E-state index contributed by atoms with van der Waals surface area (Å²) in [4.78, 5) is 0. The van der Waals surface area contributed by atoms with Gasteiger partial charge in [-0.15, -0.1) is 0 Å². The SMILES string of the molecule is CCNCc1cn[nH]c1-c1ccc(-c2ccccc2)cc1. The molecule has 0 amide bonds. The molecule has 0 saturated carbocycles. The first-order valence-corrected chi connectivity index (χ1v) is 7.27. The van der Waals surface area contributed by atoms with Gasteiger partial charge in [0.2, 0.25) is 0 Å². The van der Waals surface area contributed by atoms with Crippen LogP contribution in [0.15, 0.2) is 60.8 Å². The van der Waals surface area contributed by atoms with E-state index >= 15 is 0 Å². The van der Waals surface area contributed by atoms with Gasteiger partial charge in [-0.05, 0) is 23.2 Å². The molecule has 0 bridgehead atoms. The molecule has 2 aromatic carbocycles. The third-order valence-corrected chi connectivity index (χ3v) is 3.56. The largest absolute Gasteiger partial charge is 0.313 e. The number of H-pyrrole nitrogens is 1. The standard InChI is InChI=1S/C18H19N3/c1-2-19-12-17-13-20-21-18(17)16-10-8-15(9-11-16)14-6-4-3-5-7-14/h3-11,13,19H,2,12H2,1H3,(H,20,21). The van der Waals surface area contributed by atoms with Crippen LogP contribution >= 0.6 is 0 Å². The van der Waals surface area contributed by atoms with Gasteiger partial charge in [0.15, 0.2) is 0 Å². The van der Waals surface area contributed by atoms with Gasteiger partial charge in [-0.25, -0.2) is 0 Å². The predicted octanol–water partition coefficient (Wildman–Crippen LogP) is 3.85. The number of aromatic amines is 1. The first-order valence-electron chi connectivity index (χ1n) is 7.27. The minimum atomic E-state index is 0.836. The lowest BCUT2D eigenvalue weighted by molar-refractivity contribution is 0.728. The first-order chi connectivity index (χ1) is 10.4. The van der Waals surface area contributed by atoms with Crippen molar-refractivity contribution in [3.8, 4) is 22.4 Å². The summed E-state index contributed by atoms with van der Waals surface area (Å²) in [7, 11) is 0. The zero-order chi connectivity index (χ0) is 14.5. The van der Waals surface area contributed by atoms with Gasteiger partial charge in [0.05, 0.1) is 11.9 Å². The molecule has 0 aliphatic heterocycles. The maximum atomic E-state index is 4.17. The van der Waals surface area contributed by atoms with E-state index in [1.54, 1.807) is 0 Å². The smallest absolute Gasteiger partial charge is 0.0695 e. The maximum Gasteiger partial charge on any atom is 0.0695 e. The van der Waals surface area contributed by atoms with Gasteiger partial charge in [-0.1, -0.05) is 61.5 Å². The molecule has 0 unspecified atom stereocenters. The Hall–Kier alpha value is -2.39. The fourth-order valence-electron chi connectivity index (χ4n) is 2.41. The highest BCUT2D eigenvalue weighted by Gasteiger charge is 2.07. The molecule has 0 radical (unpaired) electrons. The van der Waals surface area contributed by atoms with Crippen LogP contribution in [0.4, 0.5) is 0 Å². The van der Waals surface area contributed by atoms with Gasteiger partial charge in [-0.2, -0.15) is 5.10 Å². The summed E-state index contributed by atoms with van der Waals surface area (Å²) in [5, 5.41) is 10.6. The molecule has 0 saturated heterocycles. The molecule has 3 aromatic rings. The fraction of sp³-hybridized carbons (Fsp3) is 0.167. The minimum Gasteiger partial charge on any atom is -0.313 e. The van der Waals surface area contributed by atoms with E-state index in [-0.39, 0.29) is 0 Å². The third-order valence-electron chi connectivity index (χ3n) is 3.56. The Bertz CT molecular complexity index is 684. The van der Waals surface area contributed by atoms with Crippen LogP contribution in [-0.4, -0.2) is 16.7 Å². The summed E-state index contributed by atoms with van der Waals surface area (Å²) in [5.41, 5.74) is 5.92. The molecule has 21 heavy (non-hydrogen) atoms. The van der Waals surface area contributed by atoms with Crippen LogP contribution in [0.1, 0.15) is 12.5 Å². The average molecular weight is 277 g/mol. The highest BCUT2D eigenvalue weighted by molar-refractivity contribution is 5.69. The van der Waals surface area contributed by atoms with E-state index in [9.17, 15) is 0 Å². The summed E-state index contributed by atoms with van der Waals surface area (Å²) in [6, 6.07) is 19.0.